The van der Waals surface area contributed by atoms with Crippen molar-refractivity contribution in [3.63, 3.8) is 0 Å². The molecule has 0 aromatic heterocycles. The number of rotatable bonds is 10. The quantitative estimate of drug-likeness (QED) is 0.291. The van der Waals surface area contributed by atoms with Gasteiger partial charge in [-0.2, -0.15) is 26.3 Å². The second-order valence-corrected chi connectivity index (χ2v) is 11.4. The van der Waals surface area contributed by atoms with Gasteiger partial charge in [0.15, 0.2) is 0 Å². The number of nitrogens with two attached hydrogens (primary N) is 1. The molecule has 2 aromatic rings. The van der Waals surface area contributed by atoms with Gasteiger partial charge in [0.2, 0.25) is 17.7 Å². The number of piperidine rings is 1. The van der Waals surface area contributed by atoms with E-state index < -0.39 is 70.6 Å². The van der Waals surface area contributed by atoms with Crippen molar-refractivity contribution in [2.45, 2.75) is 57.0 Å². The predicted molar refractivity (Wildman–Crippen MR) is 152 cm³/mol. The molecule has 0 saturated carbocycles. The molecule has 0 aliphatic carbocycles. The first kappa shape index (κ1) is 35.3. The Morgan fingerprint density at radius 3 is 2.11 bits per heavy atom. The third kappa shape index (κ3) is 8.74. The van der Waals surface area contributed by atoms with Crippen molar-refractivity contribution in [2.24, 2.45) is 11.1 Å². The number of alkyl halides is 6. The van der Waals surface area contributed by atoms with E-state index in [0.717, 1.165) is 5.56 Å². The molecule has 1 heterocycles. The monoisotopic (exact) mass is 643 g/mol. The van der Waals surface area contributed by atoms with Gasteiger partial charge in [-0.25, -0.2) is 0 Å². The number of amides is 3. The van der Waals surface area contributed by atoms with E-state index in [1.54, 1.807) is 30.3 Å². The number of nitrogens with one attached hydrogen (secondary N) is 3. The number of carbonyl (C=O) groups is 3. The minimum atomic E-state index is -5.09. The van der Waals surface area contributed by atoms with Gasteiger partial charge in [-0.3, -0.25) is 14.4 Å². The summed E-state index contributed by atoms with van der Waals surface area (Å²) in [6.45, 7) is 1.99. The molecule has 246 valence electrons. The van der Waals surface area contributed by atoms with E-state index in [1.807, 2.05) is 0 Å². The SMILES string of the molecule is CNC(=O)[C@]1(Cc2ccccc2)CN(C(=O)[C@@H](CCOc2cc(C(F)(F)F)cc(C(F)(F)F)c2)NC(=O)C(C)(C)N)CCC1=N. The Balaban J connectivity index is 1.89. The summed E-state index contributed by atoms with van der Waals surface area (Å²) in [7, 11) is 1.41. The second-order valence-electron chi connectivity index (χ2n) is 11.4. The molecule has 1 saturated heterocycles. The van der Waals surface area contributed by atoms with Crippen molar-refractivity contribution in [3.05, 3.63) is 65.2 Å². The molecule has 2 aromatic carbocycles. The zero-order chi connectivity index (χ0) is 33.8. The molecule has 0 unspecified atom stereocenters. The second kappa shape index (κ2) is 13.5. The van der Waals surface area contributed by atoms with E-state index in [1.165, 1.54) is 25.8 Å². The molecule has 3 amide bonds. The van der Waals surface area contributed by atoms with Crippen LogP contribution in [-0.4, -0.2) is 66.7 Å². The van der Waals surface area contributed by atoms with Crippen LogP contribution in [-0.2, 0) is 33.2 Å². The van der Waals surface area contributed by atoms with E-state index in [4.69, 9.17) is 15.9 Å². The Kier molecular flexibility index (Phi) is 10.6. The smallest absolute Gasteiger partial charge is 0.416 e. The van der Waals surface area contributed by atoms with Gasteiger partial charge in [0.25, 0.3) is 0 Å². The van der Waals surface area contributed by atoms with Crippen molar-refractivity contribution >= 4 is 23.4 Å². The summed E-state index contributed by atoms with van der Waals surface area (Å²) in [5, 5.41) is 13.7. The number of hydrogen-bond donors (Lipinski definition) is 4. The molecule has 0 bridgehead atoms. The van der Waals surface area contributed by atoms with Crippen LogP contribution in [0.5, 0.6) is 5.75 Å². The highest BCUT2D eigenvalue weighted by Gasteiger charge is 2.48. The van der Waals surface area contributed by atoms with Crippen LogP contribution >= 0.6 is 0 Å². The Morgan fingerprint density at radius 1 is 1.02 bits per heavy atom. The van der Waals surface area contributed by atoms with E-state index in [0.29, 0.717) is 12.1 Å². The molecule has 0 radical (unpaired) electrons. The molecule has 9 nitrogen and oxygen atoms in total. The maximum atomic E-state index is 13.8. The Bertz CT molecular complexity index is 1370. The minimum Gasteiger partial charge on any atom is -0.493 e. The molecule has 0 spiro atoms. The van der Waals surface area contributed by atoms with Crippen molar-refractivity contribution in [3.8, 4) is 5.75 Å². The summed E-state index contributed by atoms with van der Waals surface area (Å²) in [5.41, 5.74) is 0.693. The van der Waals surface area contributed by atoms with Gasteiger partial charge in [-0.1, -0.05) is 30.3 Å². The summed E-state index contributed by atoms with van der Waals surface area (Å²) in [5.74, 6) is -2.68. The summed E-state index contributed by atoms with van der Waals surface area (Å²) in [6.07, 6.45) is -10.4. The number of ether oxygens (including phenoxy) is 1. The van der Waals surface area contributed by atoms with Gasteiger partial charge in [-0.05, 0) is 44.0 Å². The first-order chi connectivity index (χ1) is 20.8. The number of likely N-dealkylation sites (tertiary alicyclic amines) is 1. The minimum absolute atomic E-state index is 0.0208. The van der Waals surface area contributed by atoms with Gasteiger partial charge in [-0.15, -0.1) is 0 Å². The topological polar surface area (TPSA) is 138 Å². The zero-order valence-corrected chi connectivity index (χ0v) is 24.9. The van der Waals surface area contributed by atoms with Crippen molar-refractivity contribution in [1.29, 1.82) is 5.41 Å². The van der Waals surface area contributed by atoms with Crippen LogP contribution in [0.3, 0.4) is 0 Å². The van der Waals surface area contributed by atoms with Crippen LogP contribution in [0.2, 0.25) is 0 Å². The third-order valence-corrected chi connectivity index (χ3v) is 7.42. The van der Waals surface area contributed by atoms with E-state index in [9.17, 15) is 40.7 Å². The maximum absolute atomic E-state index is 13.8. The number of halogens is 6. The predicted octanol–water partition coefficient (Wildman–Crippen LogP) is 3.94. The molecular weight excluding hydrogens is 608 g/mol. The lowest BCUT2D eigenvalue weighted by molar-refractivity contribution is -0.143. The highest BCUT2D eigenvalue weighted by atomic mass is 19.4. The first-order valence-electron chi connectivity index (χ1n) is 13.9. The van der Waals surface area contributed by atoms with Gasteiger partial charge in [0.1, 0.15) is 17.2 Å². The average molecular weight is 644 g/mol. The van der Waals surface area contributed by atoms with Gasteiger partial charge in [0.05, 0.1) is 23.3 Å². The van der Waals surface area contributed by atoms with Crippen LogP contribution in [0, 0.1) is 10.8 Å². The summed E-state index contributed by atoms with van der Waals surface area (Å²) < 4.78 is 85.0. The van der Waals surface area contributed by atoms with Crippen LogP contribution in [0.15, 0.2) is 48.5 Å². The van der Waals surface area contributed by atoms with Gasteiger partial charge in [0, 0.05) is 38.7 Å². The average Bonchev–Trinajstić information content (AvgIpc) is 2.96. The normalized spacial score (nSPS) is 18.3. The first-order valence-corrected chi connectivity index (χ1v) is 13.9. The fraction of sp³-hybridized carbons (Fsp3) is 0.467. The molecule has 5 N–H and O–H groups in total. The molecule has 45 heavy (non-hydrogen) atoms. The largest absolute Gasteiger partial charge is 0.493 e. The lowest BCUT2D eigenvalue weighted by Crippen LogP contribution is -2.62. The van der Waals surface area contributed by atoms with Crippen LogP contribution in [0.25, 0.3) is 0 Å². The molecule has 1 fully saturated rings. The standard InChI is InChI=1S/C30H35F6N5O4/c1-27(2,38)25(43)40-22(10-12-45-21-14-19(29(31,32)33)13-20(15-21)30(34,35)36)24(42)41-11-9-23(37)28(17-41,26(44)39-3)16-18-7-5-4-6-8-18/h4-8,13-15,22,37H,9-12,16-17,38H2,1-3H3,(H,39,44)(H,40,43)/t22-,28-/m1/s1. The molecule has 15 heteroatoms. The number of hydrogen-bond acceptors (Lipinski definition) is 6. The fourth-order valence-electron chi connectivity index (χ4n) is 4.94. The lowest BCUT2D eigenvalue weighted by Gasteiger charge is -2.43. The van der Waals surface area contributed by atoms with Gasteiger partial charge < -0.3 is 31.4 Å². The zero-order valence-electron chi connectivity index (χ0n) is 24.9. The lowest BCUT2D eigenvalue weighted by atomic mass is 9.72. The maximum Gasteiger partial charge on any atom is 0.416 e. The van der Waals surface area contributed by atoms with E-state index in [-0.39, 0.29) is 44.1 Å². The summed E-state index contributed by atoms with van der Waals surface area (Å²) in [4.78, 5) is 41.2. The molecule has 2 atom stereocenters. The number of carbonyl (C=O) groups excluding carboxylic acids is 3. The van der Waals surface area contributed by atoms with Crippen molar-refractivity contribution < 1.29 is 45.5 Å². The Morgan fingerprint density at radius 2 is 1.60 bits per heavy atom. The van der Waals surface area contributed by atoms with Crippen LogP contribution < -0.4 is 21.1 Å². The summed E-state index contributed by atoms with van der Waals surface area (Å²) >= 11 is 0. The Labute approximate surface area is 256 Å². The highest BCUT2D eigenvalue weighted by molar-refractivity contribution is 6.09. The van der Waals surface area contributed by atoms with Crippen LogP contribution in [0.4, 0.5) is 26.3 Å². The number of nitrogens with zero attached hydrogens (tertiary/aromatic N) is 1. The highest BCUT2D eigenvalue weighted by Crippen LogP contribution is 2.38. The van der Waals surface area contributed by atoms with E-state index >= 15 is 0 Å². The van der Waals surface area contributed by atoms with Crippen molar-refractivity contribution in [1.82, 2.24) is 15.5 Å². The van der Waals surface area contributed by atoms with Crippen LogP contribution in [0.1, 0.15) is 43.4 Å². The Hall–Kier alpha value is -4.14. The van der Waals surface area contributed by atoms with Crippen molar-refractivity contribution in [2.75, 3.05) is 26.7 Å². The van der Waals surface area contributed by atoms with E-state index in [2.05, 4.69) is 10.6 Å². The molecular formula is C30H35F6N5O4. The molecule has 1 aliphatic heterocycles. The molecule has 3 rings (SSSR count). The third-order valence-electron chi connectivity index (χ3n) is 7.42. The van der Waals surface area contributed by atoms with Gasteiger partial charge >= 0.3 is 12.4 Å². The summed E-state index contributed by atoms with van der Waals surface area (Å²) in [6, 6.07) is 8.28. The molecule has 1 aliphatic rings. The fourth-order valence-corrected chi connectivity index (χ4v) is 4.94. The number of benzene rings is 2.